The smallest absolute Gasteiger partial charge is 0.155 e. The summed E-state index contributed by atoms with van der Waals surface area (Å²) in [6.07, 6.45) is 3.77. The second-order valence-corrected chi connectivity index (χ2v) is 3.38. The van der Waals surface area contributed by atoms with Crippen molar-refractivity contribution in [1.82, 2.24) is 4.57 Å². The molecule has 0 saturated heterocycles. The van der Waals surface area contributed by atoms with Gasteiger partial charge >= 0.3 is 0 Å². The zero-order chi connectivity index (χ0) is 11.0. The molecular formula is C12H10FNO. The van der Waals surface area contributed by atoms with E-state index in [1.54, 1.807) is 29.9 Å². The number of aromatic nitrogens is 1. The minimum atomic E-state index is -0.392. The molecule has 1 aromatic carbocycles. The first-order valence-corrected chi connectivity index (χ1v) is 4.54. The van der Waals surface area contributed by atoms with Crippen molar-refractivity contribution in [3.05, 3.63) is 41.9 Å². The molecule has 0 aliphatic rings. The van der Waals surface area contributed by atoms with Crippen LogP contribution in [0.4, 0.5) is 4.39 Å². The summed E-state index contributed by atoms with van der Waals surface area (Å²) in [6, 6.07) is 3.45. The Morgan fingerprint density at radius 1 is 1.53 bits per heavy atom. The lowest BCUT2D eigenvalue weighted by Crippen LogP contribution is -1.96. The van der Waals surface area contributed by atoms with Crippen LogP contribution in [0.2, 0.25) is 0 Å². The van der Waals surface area contributed by atoms with E-state index in [2.05, 4.69) is 6.58 Å². The first-order chi connectivity index (χ1) is 7.19. The number of aryl methyl sites for hydroxylation is 1. The number of carbonyl (C=O) groups excluding carboxylic acids is 1. The van der Waals surface area contributed by atoms with Crippen molar-refractivity contribution < 1.29 is 9.18 Å². The third kappa shape index (κ3) is 1.28. The summed E-state index contributed by atoms with van der Waals surface area (Å²) in [5, 5.41) is 0.725. The summed E-state index contributed by atoms with van der Waals surface area (Å²) in [5.74, 6) is -0.392. The molecule has 0 aliphatic heterocycles. The van der Waals surface area contributed by atoms with Crippen LogP contribution in [0.25, 0.3) is 17.0 Å². The van der Waals surface area contributed by atoms with Crippen LogP contribution in [0.3, 0.4) is 0 Å². The number of fused-ring (bicyclic) bond motifs is 1. The van der Waals surface area contributed by atoms with Gasteiger partial charge in [0.15, 0.2) is 12.1 Å². The summed E-state index contributed by atoms with van der Waals surface area (Å²) >= 11 is 0. The minimum absolute atomic E-state index is 0.263. The molecule has 3 heteroatoms. The number of carbonyl (C=O) groups is 1. The summed E-state index contributed by atoms with van der Waals surface area (Å²) < 4.78 is 15.6. The fourth-order valence-corrected chi connectivity index (χ4v) is 1.75. The molecule has 1 aromatic heterocycles. The quantitative estimate of drug-likeness (QED) is 0.688. The van der Waals surface area contributed by atoms with Crippen molar-refractivity contribution >= 4 is 23.3 Å². The minimum Gasteiger partial charge on any atom is -0.348 e. The van der Waals surface area contributed by atoms with Crippen LogP contribution < -0.4 is 0 Å². The van der Waals surface area contributed by atoms with Gasteiger partial charge in [-0.25, -0.2) is 4.39 Å². The molecule has 2 rings (SSSR count). The largest absolute Gasteiger partial charge is 0.348 e. The number of nitrogens with zero attached hydrogens (tertiary/aromatic N) is 1. The van der Waals surface area contributed by atoms with Crippen molar-refractivity contribution in [2.45, 2.75) is 0 Å². The summed E-state index contributed by atoms with van der Waals surface area (Å²) in [4.78, 5) is 10.8. The Morgan fingerprint density at radius 3 is 2.87 bits per heavy atom. The molecule has 0 saturated carbocycles. The van der Waals surface area contributed by atoms with Gasteiger partial charge in [-0.2, -0.15) is 0 Å². The number of aldehydes is 1. The van der Waals surface area contributed by atoms with E-state index in [1.807, 2.05) is 0 Å². The van der Waals surface area contributed by atoms with Gasteiger partial charge in [-0.05, 0) is 12.1 Å². The van der Waals surface area contributed by atoms with Crippen LogP contribution in [0.15, 0.2) is 24.9 Å². The highest BCUT2D eigenvalue weighted by molar-refractivity contribution is 5.92. The number of hydrogen-bond donors (Lipinski definition) is 0. The maximum atomic E-state index is 14.0. The molecule has 2 nitrogen and oxygen atoms in total. The molecule has 0 spiro atoms. The molecular weight excluding hydrogens is 193 g/mol. The Bertz CT molecular complexity index is 554. The SMILES string of the molecule is C=Cc1c(C=O)cc2ccn(C)c2c1F. The van der Waals surface area contributed by atoms with Gasteiger partial charge in [-0.15, -0.1) is 0 Å². The summed E-state index contributed by atoms with van der Waals surface area (Å²) in [5.41, 5.74) is 1.09. The highest BCUT2D eigenvalue weighted by atomic mass is 19.1. The topological polar surface area (TPSA) is 22.0 Å². The fraction of sp³-hybridized carbons (Fsp3) is 0.0833. The third-order valence-corrected chi connectivity index (χ3v) is 2.50. The second kappa shape index (κ2) is 3.35. The van der Waals surface area contributed by atoms with Gasteiger partial charge in [0.25, 0.3) is 0 Å². The van der Waals surface area contributed by atoms with Crippen LogP contribution in [0.5, 0.6) is 0 Å². The molecule has 0 bridgehead atoms. The van der Waals surface area contributed by atoms with Gasteiger partial charge in [0, 0.05) is 29.8 Å². The zero-order valence-electron chi connectivity index (χ0n) is 8.33. The molecule has 1 heterocycles. The molecule has 15 heavy (non-hydrogen) atoms. The molecule has 0 unspecified atom stereocenters. The van der Waals surface area contributed by atoms with Gasteiger partial charge in [0.1, 0.15) is 0 Å². The highest BCUT2D eigenvalue weighted by Gasteiger charge is 2.12. The molecule has 2 aromatic rings. The van der Waals surface area contributed by atoms with Crippen molar-refractivity contribution in [1.29, 1.82) is 0 Å². The first kappa shape index (κ1) is 9.65. The standard InChI is InChI=1S/C12H10FNO/c1-3-10-9(7-15)6-8-4-5-14(2)12(8)11(10)13/h3-7H,1H2,2H3. The number of rotatable bonds is 2. The summed E-state index contributed by atoms with van der Waals surface area (Å²) in [7, 11) is 1.76. The monoisotopic (exact) mass is 203 g/mol. The average Bonchev–Trinajstić information content (AvgIpc) is 2.60. The predicted octanol–water partition coefficient (Wildman–Crippen LogP) is 2.77. The third-order valence-electron chi connectivity index (χ3n) is 2.50. The van der Waals surface area contributed by atoms with E-state index >= 15 is 0 Å². The van der Waals surface area contributed by atoms with E-state index in [4.69, 9.17) is 0 Å². The lowest BCUT2D eigenvalue weighted by atomic mass is 10.1. The Labute approximate surface area is 86.6 Å². The van der Waals surface area contributed by atoms with E-state index in [1.165, 1.54) is 6.08 Å². The van der Waals surface area contributed by atoms with Crippen molar-refractivity contribution in [3.8, 4) is 0 Å². The van der Waals surface area contributed by atoms with E-state index in [9.17, 15) is 9.18 Å². The molecule has 0 aliphatic carbocycles. The maximum absolute atomic E-state index is 14.0. The van der Waals surface area contributed by atoms with Crippen LogP contribution >= 0.6 is 0 Å². The lowest BCUT2D eigenvalue weighted by Gasteiger charge is -2.04. The van der Waals surface area contributed by atoms with E-state index in [-0.39, 0.29) is 5.56 Å². The van der Waals surface area contributed by atoms with Gasteiger partial charge < -0.3 is 4.57 Å². The lowest BCUT2D eigenvalue weighted by molar-refractivity contribution is 0.112. The van der Waals surface area contributed by atoms with E-state index in [0.29, 0.717) is 17.4 Å². The Kier molecular flexibility index (Phi) is 2.15. The molecule has 76 valence electrons. The second-order valence-electron chi connectivity index (χ2n) is 3.38. The van der Waals surface area contributed by atoms with Crippen molar-refractivity contribution in [2.24, 2.45) is 7.05 Å². The number of hydrogen-bond acceptors (Lipinski definition) is 1. The predicted molar refractivity (Wildman–Crippen MR) is 58.4 cm³/mol. The first-order valence-electron chi connectivity index (χ1n) is 4.54. The molecule has 0 atom stereocenters. The molecule has 0 radical (unpaired) electrons. The maximum Gasteiger partial charge on any atom is 0.155 e. The van der Waals surface area contributed by atoms with Crippen molar-refractivity contribution in [3.63, 3.8) is 0 Å². The average molecular weight is 203 g/mol. The van der Waals surface area contributed by atoms with Gasteiger partial charge in [0.05, 0.1) is 5.52 Å². The van der Waals surface area contributed by atoms with E-state index in [0.717, 1.165) is 5.39 Å². The number of benzene rings is 1. The Hall–Kier alpha value is -1.90. The fourth-order valence-electron chi connectivity index (χ4n) is 1.75. The van der Waals surface area contributed by atoms with Gasteiger partial charge in [-0.3, -0.25) is 4.79 Å². The van der Waals surface area contributed by atoms with Crippen LogP contribution in [-0.4, -0.2) is 10.9 Å². The van der Waals surface area contributed by atoms with Crippen molar-refractivity contribution in [2.75, 3.05) is 0 Å². The van der Waals surface area contributed by atoms with Crippen LogP contribution in [0, 0.1) is 5.82 Å². The van der Waals surface area contributed by atoms with Crippen LogP contribution in [-0.2, 0) is 7.05 Å². The van der Waals surface area contributed by atoms with Gasteiger partial charge in [-0.1, -0.05) is 12.7 Å². The van der Waals surface area contributed by atoms with E-state index < -0.39 is 5.82 Å². The molecule has 0 amide bonds. The van der Waals surface area contributed by atoms with Crippen LogP contribution in [0.1, 0.15) is 15.9 Å². The molecule has 0 N–H and O–H groups in total. The zero-order valence-corrected chi connectivity index (χ0v) is 8.33. The normalized spacial score (nSPS) is 10.5. The molecule has 0 fully saturated rings. The summed E-state index contributed by atoms with van der Waals surface area (Å²) in [6.45, 7) is 3.51. The number of halogens is 1. The Balaban J connectivity index is 2.96. The van der Waals surface area contributed by atoms with Gasteiger partial charge in [0.2, 0.25) is 0 Å². The highest BCUT2D eigenvalue weighted by Crippen LogP contribution is 2.25. The Morgan fingerprint density at radius 2 is 2.27 bits per heavy atom.